The maximum atomic E-state index is 6.23. The van der Waals surface area contributed by atoms with E-state index in [9.17, 15) is 0 Å². The quantitative estimate of drug-likeness (QED) is 0.203. The molecule has 0 fully saturated rings. The molecule has 2 nitrogen and oxygen atoms in total. The van der Waals surface area contributed by atoms with Crippen LogP contribution in [0.5, 0.6) is 0 Å². The summed E-state index contributed by atoms with van der Waals surface area (Å²) in [5, 5.41) is 2.30. The topological polar surface area (TPSA) is 22.4 Å². The number of fused-ring (bicyclic) bond motifs is 6. The van der Waals surface area contributed by atoms with Gasteiger partial charge >= 0.3 is 0 Å². The van der Waals surface area contributed by atoms with Crippen LogP contribution in [0.15, 0.2) is 162 Å². The molecule has 0 spiro atoms. The normalized spacial score (nSPS) is 12.5. The third kappa shape index (κ3) is 4.63. The lowest BCUT2D eigenvalue weighted by molar-refractivity contribution is 0.110. The second kappa shape index (κ2) is 11.0. The summed E-state index contributed by atoms with van der Waals surface area (Å²) in [6.07, 6.45) is 0. The predicted octanol–water partition coefficient (Wildman–Crippen LogP) is 12.0. The lowest BCUT2D eigenvalue weighted by Gasteiger charge is -2.15. The van der Waals surface area contributed by atoms with Crippen molar-refractivity contribution in [2.24, 2.45) is 0 Å². The van der Waals surface area contributed by atoms with E-state index >= 15 is 0 Å². The number of furan rings is 1. The second-order valence-electron chi connectivity index (χ2n) is 12.0. The smallest absolute Gasteiger partial charge is 0.136 e. The minimum atomic E-state index is 0.583. The first kappa shape index (κ1) is 26.7. The van der Waals surface area contributed by atoms with E-state index in [2.05, 4.69) is 146 Å². The molecule has 9 rings (SSSR count). The van der Waals surface area contributed by atoms with Crippen molar-refractivity contribution in [3.05, 3.63) is 169 Å². The van der Waals surface area contributed by atoms with Gasteiger partial charge in [0.05, 0.1) is 13.2 Å². The Hall–Kier alpha value is -5.70. The van der Waals surface area contributed by atoms with Crippen molar-refractivity contribution in [1.29, 1.82) is 0 Å². The first-order valence-electron chi connectivity index (χ1n) is 15.8. The minimum absolute atomic E-state index is 0.583. The molecule has 1 aliphatic heterocycles. The molecule has 0 aliphatic carbocycles. The number of hydrogen-bond donors (Lipinski definition) is 0. The largest absolute Gasteiger partial charge is 0.456 e. The Kier molecular flexibility index (Phi) is 6.40. The fourth-order valence-electron chi connectivity index (χ4n) is 6.93. The first-order valence-corrected chi connectivity index (χ1v) is 15.8. The van der Waals surface area contributed by atoms with Gasteiger partial charge in [0, 0.05) is 10.8 Å². The number of rotatable bonds is 4. The molecule has 0 atom stereocenters. The molecular formula is C44H30O2. The van der Waals surface area contributed by atoms with E-state index < -0.39 is 0 Å². The van der Waals surface area contributed by atoms with E-state index in [0.29, 0.717) is 13.2 Å². The molecule has 218 valence electrons. The van der Waals surface area contributed by atoms with Crippen LogP contribution in [0.1, 0.15) is 11.1 Å². The summed E-state index contributed by atoms with van der Waals surface area (Å²) < 4.78 is 12.4. The van der Waals surface area contributed by atoms with Gasteiger partial charge in [-0.15, -0.1) is 0 Å². The lowest BCUT2D eigenvalue weighted by Crippen LogP contribution is -1.92. The molecule has 8 aromatic rings. The minimum Gasteiger partial charge on any atom is -0.456 e. The summed E-state index contributed by atoms with van der Waals surface area (Å²) in [5.41, 5.74) is 16.2. The van der Waals surface area contributed by atoms with Gasteiger partial charge in [0.25, 0.3) is 0 Å². The maximum Gasteiger partial charge on any atom is 0.136 e. The molecule has 0 unspecified atom stereocenters. The Bertz CT molecular complexity index is 2320. The highest BCUT2D eigenvalue weighted by Gasteiger charge is 2.19. The predicted molar refractivity (Wildman–Crippen MR) is 189 cm³/mol. The monoisotopic (exact) mass is 590 g/mol. The van der Waals surface area contributed by atoms with Crippen LogP contribution in [0.2, 0.25) is 0 Å². The van der Waals surface area contributed by atoms with E-state index in [1.165, 1.54) is 66.8 Å². The summed E-state index contributed by atoms with van der Waals surface area (Å²) in [5.74, 6) is 0. The Morgan fingerprint density at radius 3 is 1.57 bits per heavy atom. The molecule has 46 heavy (non-hydrogen) atoms. The van der Waals surface area contributed by atoms with E-state index in [0.717, 1.165) is 21.9 Å². The number of benzene rings is 7. The van der Waals surface area contributed by atoms with E-state index in [4.69, 9.17) is 9.15 Å². The van der Waals surface area contributed by atoms with Gasteiger partial charge in [0.1, 0.15) is 11.2 Å². The fourth-order valence-corrected chi connectivity index (χ4v) is 6.93. The zero-order chi connectivity index (χ0) is 30.5. The van der Waals surface area contributed by atoms with Crippen LogP contribution in [0.4, 0.5) is 0 Å². The SMILES string of the molecule is c1ccc(-c2cc(-c3ccccc3)cc(-c3ccc4c(c3)-c3cc(-c5cccc6oc7ccccc7c56)ccc3COC4)c2)cc1. The van der Waals surface area contributed by atoms with Crippen molar-refractivity contribution in [2.45, 2.75) is 13.2 Å². The Balaban J connectivity index is 1.21. The molecule has 2 heteroatoms. The highest BCUT2D eigenvalue weighted by Crippen LogP contribution is 2.42. The van der Waals surface area contributed by atoms with E-state index in [1.54, 1.807) is 0 Å². The van der Waals surface area contributed by atoms with Crippen molar-refractivity contribution in [3.8, 4) is 55.6 Å². The molecule has 7 aromatic carbocycles. The van der Waals surface area contributed by atoms with Gasteiger partial charge in [-0.05, 0) is 109 Å². The number of hydrogen-bond acceptors (Lipinski definition) is 2. The fraction of sp³-hybridized carbons (Fsp3) is 0.0455. The lowest BCUT2D eigenvalue weighted by atomic mass is 9.88. The molecule has 0 radical (unpaired) electrons. The Morgan fingerprint density at radius 2 is 0.891 bits per heavy atom. The van der Waals surface area contributed by atoms with Crippen LogP contribution < -0.4 is 0 Å². The van der Waals surface area contributed by atoms with Crippen molar-refractivity contribution >= 4 is 21.9 Å². The van der Waals surface area contributed by atoms with Crippen LogP contribution in [0.25, 0.3) is 77.6 Å². The Morgan fingerprint density at radius 1 is 0.348 bits per heavy atom. The van der Waals surface area contributed by atoms with E-state index in [1.807, 2.05) is 12.1 Å². The second-order valence-corrected chi connectivity index (χ2v) is 12.0. The third-order valence-electron chi connectivity index (χ3n) is 9.22. The first-order chi connectivity index (χ1) is 22.8. The van der Waals surface area contributed by atoms with Crippen LogP contribution in [0, 0.1) is 0 Å². The molecule has 1 aliphatic rings. The number of para-hydroxylation sites is 1. The summed E-state index contributed by atoms with van der Waals surface area (Å²) in [7, 11) is 0. The van der Waals surface area contributed by atoms with Crippen LogP contribution in [-0.2, 0) is 18.0 Å². The zero-order valence-electron chi connectivity index (χ0n) is 25.2. The van der Waals surface area contributed by atoms with E-state index in [-0.39, 0.29) is 0 Å². The molecule has 1 aromatic heterocycles. The van der Waals surface area contributed by atoms with Gasteiger partial charge in [0.2, 0.25) is 0 Å². The average molecular weight is 591 g/mol. The van der Waals surface area contributed by atoms with Crippen LogP contribution >= 0.6 is 0 Å². The van der Waals surface area contributed by atoms with Gasteiger partial charge in [0.15, 0.2) is 0 Å². The van der Waals surface area contributed by atoms with Crippen molar-refractivity contribution in [3.63, 3.8) is 0 Å². The highest BCUT2D eigenvalue weighted by atomic mass is 16.5. The molecular weight excluding hydrogens is 560 g/mol. The summed E-state index contributed by atoms with van der Waals surface area (Å²) >= 11 is 0. The Labute approximate surface area is 268 Å². The van der Waals surface area contributed by atoms with Crippen molar-refractivity contribution in [2.75, 3.05) is 0 Å². The van der Waals surface area contributed by atoms with Gasteiger partial charge in [-0.2, -0.15) is 0 Å². The van der Waals surface area contributed by atoms with Gasteiger partial charge in [-0.3, -0.25) is 0 Å². The molecule has 2 heterocycles. The molecule has 0 N–H and O–H groups in total. The van der Waals surface area contributed by atoms with Crippen molar-refractivity contribution in [1.82, 2.24) is 0 Å². The summed E-state index contributed by atoms with van der Waals surface area (Å²) in [6, 6.07) is 56.5. The van der Waals surface area contributed by atoms with Gasteiger partial charge < -0.3 is 9.15 Å². The number of ether oxygens (including phenoxy) is 1. The molecule has 0 saturated carbocycles. The summed E-state index contributed by atoms with van der Waals surface area (Å²) in [4.78, 5) is 0. The van der Waals surface area contributed by atoms with Gasteiger partial charge in [-0.1, -0.05) is 115 Å². The average Bonchev–Trinajstić information content (AvgIpc) is 3.41. The molecule has 0 bridgehead atoms. The van der Waals surface area contributed by atoms with Gasteiger partial charge in [-0.25, -0.2) is 0 Å². The zero-order valence-corrected chi connectivity index (χ0v) is 25.2. The molecule has 0 amide bonds. The van der Waals surface area contributed by atoms with Crippen molar-refractivity contribution < 1.29 is 9.15 Å². The maximum absolute atomic E-state index is 6.23. The highest BCUT2D eigenvalue weighted by molar-refractivity contribution is 6.12. The van der Waals surface area contributed by atoms with Crippen LogP contribution in [0.3, 0.4) is 0 Å². The third-order valence-corrected chi connectivity index (χ3v) is 9.22. The standard InChI is InChI=1S/C44H30O2/c1-3-10-29(11-4-1)35-22-36(30-12-5-2-6-13-30)24-37(23-35)31-18-20-33-27-45-28-34-21-19-32(26-41(34)40(33)25-31)38-15-9-17-43-44(38)39-14-7-8-16-42(39)46-43/h1-26H,27-28H2. The summed E-state index contributed by atoms with van der Waals surface area (Å²) in [6.45, 7) is 1.17. The van der Waals surface area contributed by atoms with Crippen LogP contribution in [-0.4, -0.2) is 0 Å². The molecule has 0 saturated heterocycles.